The molecule has 1 fully saturated rings. The van der Waals surface area contributed by atoms with Gasteiger partial charge in [-0.2, -0.15) is 0 Å². The molecule has 1 amide bonds. The van der Waals surface area contributed by atoms with E-state index >= 15 is 0 Å². The average Bonchev–Trinajstić information content (AvgIpc) is 2.97. The summed E-state index contributed by atoms with van der Waals surface area (Å²) in [4.78, 5) is 16.2. The molecule has 1 atom stereocenters. The van der Waals surface area contributed by atoms with E-state index in [4.69, 9.17) is 0 Å². The van der Waals surface area contributed by atoms with Crippen LogP contribution in [-0.4, -0.2) is 10.9 Å². The summed E-state index contributed by atoms with van der Waals surface area (Å²) in [5.74, 6) is 0.808. The first kappa shape index (κ1) is 12.6. The minimum absolute atomic E-state index is 0.101. The molecule has 0 unspecified atom stereocenters. The second-order valence-electron chi connectivity index (χ2n) is 4.75. The average molecular weight is 252 g/mol. The Morgan fingerprint density at radius 2 is 2.35 bits per heavy atom. The van der Waals surface area contributed by atoms with Gasteiger partial charge in [-0.05, 0) is 25.2 Å². The van der Waals surface area contributed by atoms with Crippen molar-refractivity contribution in [2.24, 2.45) is 5.92 Å². The van der Waals surface area contributed by atoms with Crippen molar-refractivity contribution in [3.8, 4) is 0 Å². The number of thiazole rings is 1. The second-order valence-corrected chi connectivity index (χ2v) is 5.68. The molecule has 1 aromatic heterocycles. The first-order valence-electron chi connectivity index (χ1n) is 6.48. The Labute approximate surface area is 107 Å². The van der Waals surface area contributed by atoms with E-state index in [1.165, 1.54) is 25.7 Å². The molecule has 94 valence electrons. The smallest absolute Gasteiger partial charge is 0.220 e. The third kappa shape index (κ3) is 3.53. The number of carbonyl (C=O) groups excluding carboxylic acids is 1. The summed E-state index contributed by atoms with van der Waals surface area (Å²) in [7, 11) is 0. The number of hydrogen-bond acceptors (Lipinski definition) is 3. The summed E-state index contributed by atoms with van der Waals surface area (Å²) in [5.41, 5.74) is 0. The molecule has 0 saturated heterocycles. The van der Waals surface area contributed by atoms with Crippen molar-refractivity contribution >= 4 is 17.2 Å². The number of rotatable bonds is 5. The lowest BCUT2D eigenvalue weighted by molar-refractivity contribution is -0.122. The monoisotopic (exact) mass is 252 g/mol. The Hall–Kier alpha value is -0.900. The number of hydrogen-bond donors (Lipinski definition) is 1. The molecule has 1 heterocycles. The van der Waals surface area contributed by atoms with E-state index in [0.29, 0.717) is 12.3 Å². The fourth-order valence-corrected chi connectivity index (χ4v) is 3.25. The normalized spacial score (nSPS) is 18.2. The van der Waals surface area contributed by atoms with Gasteiger partial charge in [0.1, 0.15) is 5.01 Å². The van der Waals surface area contributed by atoms with Crippen molar-refractivity contribution in [2.45, 2.75) is 51.5 Å². The minimum atomic E-state index is 0.101. The van der Waals surface area contributed by atoms with Crippen molar-refractivity contribution < 1.29 is 4.79 Å². The molecular formula is C13H20N2OS. The van der Waals surface area contributed by atoms with Crippen molar-refractivity contribution in [3.05, 3.63) is 16.6 Å². The maximum Gasteiger partial charge on any atom is 0.220 e. The fourth-order valence-electron chi connectivity index (χ4n) is 2.47. The van der Waals surface area contributed by atoms with Crippen LogP contribution in [0.2, 0.25) is 0 Å². The van der Waals surface area contributed by atoms with Gasteiger partial charge in [-0.3, -0.25) is 4.79 Å². The van der Waals surface area contributed by atoms with Crippen LogP contribution in [-0.2, 0) is 4.79 Å². The summed E-state index contributed by atoms with van der Waals surface area (Å²) in [6.07, 6.45) is 8.43. The lowest BCUT2D eigenvalue weighted by Crippen LogP contribution is -2.29. The van der Waals surface area contributed by atoms with Crippen LogP contribution in [0.5, 0.6) is 0 Å². The predicted molar refractivity (Wildman–Crippen MR) is 69.9 cm³/mol. The molecule has 1 aliphatic rings. The van der Waals surface area contributed by atoms with E-state index in [2.05, 4.69) is 17.2 Å². The highest BCUT2D eigenvalue weighted by molar-refractivity contribution is 7.09. The van der Waals surface area contributed by atoms with Gasteiger partial charge < -0.3 is 5.32 Å². The molecular weight excluding hydrogens is 232 g/mol. The highest BCUT2D eigenvalue weighted by atomic mass is 32.1. The van der Waals surface area contributed by atoms with Crippen molar-refractivity contribution in [3.63, 3.8) is 0 Å². The van der Waals surface area contributed by atoms with Gasteiger partial charge in [-0.1, -0.05) is 19.8 Å². The van der Waals surface area contributed by atoms with Crippen LogP contribution in [0.15, 0.2) is 11.6 Å². The molecule has 1 aliphatic carbocycles. The van der Waals surface area contributed by atoms with E-state index in [1.807, 2.05) is 5.38 Å². The minimum Gasteiger partial charge on any atom is -0.347 e. The Balaban J connectivity index is 1.83. The van der Waals surface area contributed by atoms with E-state index in [9.17, 15) is 4.79 Å². The van der Waals surface area contributed by atoms with Gasteiger partial charge in [0.2, 0.25) is 5.91 Å². The predicted octanol–water partition coefficient (Wildman–Crippen LogP) is 3.29. The zero-order valence-electron chi connectivity index (χ0n) is 10.3. The van der Waals surface area contributed by atoms with Crippen LogP contribution in [0.25, 0.3) is 0 Å². The second kappa shape index (κ2) is 6.15. The van der Waals surface area contributed by atoms with Crippen molar-refractivity contribution in [1.29, 1.82) is 0 Å². The van der Waals surface area contributed by atoms with Crippen LogP contribution in [0.3, 0.4) is 0 Å². The highest BCUT2D eigenvalue weighted by Gasteiger charge is 2.21. The highest BCUT2D eigenvalue weighted by Crippen LogP contribution is 2.28. The molecule has 0 bridgehead atoms. The van der Waals surface area contributed by atoms with Gasteiger partial charge >= 0.3 is 0 Å². The molecule has 3 nitrogen and oxygen atoms in total. The molecule has 1 N–H and O–H groups in total. The number of nitrogens with one attached hydrogen (secondary N) is 1. The molecule has 0 aromatic carbocycles. The quantitative estimate of drug-likeness (QED) is 0.873. The van der Waals surface area contributed by atoms with E-state index < -0.39 is 0 Å². The SMILES string of the molecule is CC[C@H](NC(=O)CC1CCCC1)c1nccs1. The lowest BCUT2D eigenvalue weighted by atomic mass is 10.0. The standard InChI is InChI=1S/C13H20N2OS/c1-2-11(13-14-7-8-17-13)15-12(16)9-10-5-3-4-6-10/h7-8,10-11H,2-6,9H2,1H3,(H,15,16)/t11-/m0/s1. The Bertz CT molecular complexity index is 344. The number of amides is 1. The lowest BCUT2D eigenvalue weighted by Gasteiger charge is -2.16. The maximum atomic E-state index is 11.9. The zero-order chi connectivity index (χ0) is 12.1. The van der Waals surface area contributed by atoms with Gasteiger partial charge in [0, 0.05) is 18.0 Å². The van der Waals surface area contributed by atoms with E-state index in [-0.39, 0.29) is 11.9 Å². The van der Waals surface area contributed by atoms with Crippen LogP contribution in [0.1, 0.15) is 56.5 Å². The van der Waals surface area contributed by atoms with Crippen LogP contribution >= 0.6 is 11.3 Å². The third-order valence-electron chi connectivity index (χ3n) is 3.44. The molecule has 1 aromatic rings. The summed E-state index contributed by atoms with van der Waals surface area (Å²) in [6.45, 7) is 2.09. The van der Waals surface area contributed by atoms with E-state index in [0.717, 1.165) is 11.4 Å². The van der Waals surface area contributed by atoms with Crippen molar-refractivity contribution in [2.75, 3.05) is 0 Å². The maximum absolute atomic E-state index is 11.9. The van der Waals surface area contributed by atoms with Crippen LogP contribution in [0.4, 0.5) is 0 Å². The number of aromatic nitrogens is 1. The fraction of sp³-hybridized carbons (Fsp3) is 0.692. The molecule has 0 aliphatic heterocycles. The van der Waals surface area contributed by atoms with Gasteiger partial charge in [-0.25, -0.2) is 4.98 Å². The zero-order valence-corrected chi connectivity index (χ0v) is 11.1. The topological polar surface area (TPSA) is 42.0 Å². The number of nitrogens with zero attached hydrogens (tertiary/aromatic N) is 1. The van der Waals surface area contributed by atoms with Gasteiger partial charge in [0.05, 0.1) is 6.04 Å². The first-order valence-corrected chi connectivity index (χ1v) is 7.36. The first-order chi connectivity index (χ1) is 8.29. The molecule has 1 saturated carbocycles. The van der Waals surface area contributed by atoms with Gasteiger partial charge in [-0.15, -0.1) is 11.3 Å². The van der Waals surface area contributed by atoms with E-state index in [1.54, 1.807) is 17.5 Å². The molecule has 0 radical (unpaired) electrons. The Kier molecular flexibility index (Phi) is 4.54. The molecule has 2 rings (SSSR count). The largest absolute Gasteiger partial charge is 0.347 e. The van der Waals surface area contributed by atoms with Crippen LogP contribution < -0.4 is 5.32 Å². The van der Waals surface area contributed by atoms with Crippen LogP contribution in [0, 0.1) is 5.92 Å². The molecule has 17 heavy (non-hydrogen) atoms. The third-order valence-corrected chi connectivity index (χ3v) is 4.33. The summed E-state index contributed by atoms with van der Waals surface area (Å²) < 4.78 is 0. The molecule has 4 heteroatoms. The number of carbonyl (C=O) groups is 1. The molecule has 0 spiro atoms. The summed E-state index contributed by atoms with van der Waals surface area (Å²) >= 11 is 1.61. The van der Waals surface area contributed by atoms with Gasteiger partial charge in [0.15, 0.2) is 0 Å². The summed E-state index contributed by atoms with van der Waals surface area (Å²) in [5, 5.41) is 6.09. The van der Waals surface area contributed by atoms with Gasteiger partial charge in [0.25, 0.3) is 0 Å². The van der Waals surface area contributed by atoms with Crippen molar-refractivity contribution in [1.82, 2.24) is 10.3 Å². The summed E-state index contributed by atoms with van der Waals surface area (Å²) in [6, 6.07) is 0.101. The Morgan fingerprint density at radius 1 is 1.59 bits per heavy atom. The Morgan fingerprint density at radius 3 is 2.94 bits per heavy atom.